The van der Waals surface area contributed by atoms with Gasteiger partial charge in [-0.3, -0.25) is 8.75 Å². The lowest BCUT2D eigenvalue weighted by Gasteiger charge is -2.20. The van der Waals surface area contributed by atoms with Gasteiger partial charge in [0.05, 0.1) is 19.2 Å². The van der Waals surface area contributed by atoms with Gasteiger partial charge in [0.25, 0.3) is 10.1 Å². The van der Waals surface area contributed by atoms with Gasteiger partial charge in [0, 0.05) is 0 Å². The third-order valence-electron chi connectivity index (χ3n) is 3.47. The van der Waals surface area contributed by atoms with Crippen LogP contribution in [0.1, 0.15) is 6.23 Å². The van der Waals surface area contributed by atoms with Crippen LogP contribution in [0.4, 0.5) is 5.82 Å². The van der Waals surface area contributed by atoms with Crippen LogP contribution in [-0.4, -0.2) is 69.3 Å². The standard InChI is InChI=1S/C11H14ClN5O6S/c1-24(20,21)23-7-6(19)4(2-18)22-10(7)17-3-14-5-8(13)15-11(12)16-9(5)17/h3-4,6-7,10,18-19H,2H2,1H3,(H2,13,15,16)/t4-,6?,7?,10-/m1/s1. The Morgan fingerprint density at radius 1 is 1.50 bits per heavy atom. The number of hydrogen-bond acceptors (Lipinski definition) is 10. The lowest BCUT2D eigenvalue weighted by atomic mass is 10.1. The van der Waals surface area contributed by atoms with Crippen molar-refractivity contribution in [1.82, 2.24) is 19.5 Å². The molecule has 3 heterocycles. The van der Waals surface area contributed by atoms with Gasteiger partial charge in [-0.25, -0.2) is 4.98 Å². The first-order chi connectivity index (χ1) is 11.2. The van der Waals surface area contributed by atoms with Gasteiger partial charge in [-0.05, 0) is 11.6 Å². The van der Waals surface area contributed by atoms with Crippen molar-refractivity contribution in [2.24, 2.45) is 0 Å². The highest BCUT2D eigenvalue weighted by molar-refractivity contribution is 7.86. The van der Waals surface area contributed by atoms with Crippen LogP contribution in [0, 0.1) is 0 Å². The summed E-state index contributed by atoms with van der Waals surface area (Å²) in [5.41, 5.74) is 6.11. The van der Waals surface area contributed by atoms with E-state index >= 15 is 0 Å². The number of nitrogens with two attached hydrogens (primary N) is 1. The summed E-state index contributed by atoms with van der Waals surface area (Å²) in [6.45, 7) is -0.536. The molecule has 24 heavy (non-hydrogen) atoms. The van der Waals surface area contributed by atoms with Crippen LogP contribution in [0.3, 0.4) is 0 Å². The molecule has 0 saturated carbocycles. The molecular weight excluding hydrogens is 366 g/mol. The quantitative estimate of drug-likeness (QED) is 0.427. The van der Waals surface area contributed by atoms with Gasteiger partial charge in [0.2, 0.25) is 5.28 Å². The number of fused-ring (bicyclic) bond motifs is 1. The van der Waals surface area contributed by atoms with E-state index in [1.54, 1.807) is 0 Å². The summed E-state index contributed by atoms with van der Waals surface area (Å²) < 4.78 is 34.7. The Labute approximate surface area is 141 Å². The monoisotopic (exact) mass is 379 g/mol. The Morgan fingerprint density at radius 2 is 2.21 bits per heavy atom. The first kappa shape index (κ1) is 17.3. The molecular formula is C11H14ClN5O6S. The molecule has 1 saturated heterocycles. The Morgan fingerprint density at radius 3 is 2.83 bits per heavy atom. The maximum atomic E-state index is 11.5. The Bertz CT molecular complexity index is 873. The van der Waals surface area contributed by atoms with Crippen LogP contribution < -0.4 is 5.73 Å². The molecule has 0 spiro atoms. The van der Waals surface area contributed by atoms with E-state index in [2.05, 4.69) is 15.0 Å². The predicted octanol–water partition coefficient (Wildman–Crippen LogP) is -1.34. The summed E-state index contributed by atoms with van der Waals surface area (Å²) in [6.07, 6.45) is -2.75. The molecule has 3 rings (SSSR count). The van der Waals surface area contributed by atoms with E-state index in [1.165, 1.54) is 10.9 Å². The van der Waals surface area contributed by atoms with Crippen LogP contribution in [0.15, 0.2) is 6.33 Å². The minimum absolute atomic E-state index is 0.0292. The van der Waals surface area contributed by atoms with Gasteiger partial charge in [0.1, 0.15) is 17.7 Å². The first-order valence-electron chi connectivity index (χ1n) is 6.69. The van der Waals surface area contributed by atoms with Gasteiger partial charge < -0.3 is 20.7 Å². The number of imidazole rings is 1. The van der Waals surface area contributed by atoms with Crippen LogP contribution in [-0.2, 0) is 19.0 Å². The van der Waals surface area contributed by atoms with Gasteiger partial charge in [-0.15, -0.1) is 0 Å². The lowest BCUT2D eigenvalue weighted by Crippen LogP contribution is -2.36. The Kier molecular flexibility index (Phi) is 4.36. The number of nitrogen functional groups attached to an aromatic ring is 1. The van der Waals surface area contributed by atoms with Crippen LogP contribution in [0.2, 0.25) is 5.28 Å². The number of aliphatic hydroxyl groups is 2. The van der Waals surface area contributed by atoms with Crippen LogP contribution in [0.5, 0.6) is 0 Å². The fourth-order valence-electron chi connectivity index (χ4n) is 2.50. The van der Waals surface area contributed by atoms with E-state index in [0.29, 0.717) is 0 Å². The highest BCUT2D eigenvalue weighted by atomic mass is 35.5. The molecule has 13 heteroatoms. The summed E-state index contributed by atoms with van der Waals surface area (Å²) >= 11 is 5.79. The van der Waals surface area contributed by atoms with Crippen molar-refractivity contribution in [3.05, 3.63) is 11.6 Å². The Balaban J connectivity index is 2.09. The predicted molar refractivity (Wildman–Crippen MR) is 81.5 cm³/mol. The molecule has 0 aliphatic carbocycles. The largest absolute Gasteiger partial charge is 0.394 e. The first-order valence-corrected chi connectivity index (χ1v) is 8.89. The second-order valence-electron chi connectivity index (χ2n) is 5.21. The fourth-order valence-corrected chi connectivity index (χ4v) is 3.28. The van der Waals surface area contributed by atoms with Crippen molar-refractivity contribution < 1.29 is 27.6 Å². The fraction of sp³-hybridized carbons (Fsp3) is 0.545. The smallest absolute Gasteiger partial charge is 0.264 e. The van der Waals surface area contributed by atoms with Crippen molar-refractivity contribution in [3.63, 3.8) is 0 Å². The molecule has 2 aromatic rings. The third-order valence-corrected chi connectivity index (χ3v) is 4.21. The van der Waals surface area contributed by atoms with Crippen molar-refractivity contribution >= 4 is 38.7 Å². The van der Waals surface area contributed by atoms with Crippen molar-refractivity contribution in [1.29, 1.82) is 0 Å². The van der Waals surface area contributed by atoms with Crippen LogP contribution in [0.25, 0.3) is 11.2 Å². The molecule has 1 aliphatic heterocycles. The molecule has 132 valence electrons. The van der Waals surface area contributed by atoms with E-state index in [4.69, 9.17) is 26.3 Å². The average molecular weight is 380 g/mol. The number of anilines is 1. The molecule has 0 aromatic carbocycles. The van der Waals surface area contributed by atoms with Crippen molar-refractivity contribution in [3.8, 4) is 0 Å². The van der Waals surface area contributed by atoms with Crippen LogP contribution >= 0.6 is 11.6 Å². The van der Waals surface area contributed by atoms with Gasteiger partial charge in [-0.2, -0.15) is 18.4 Å². The third kappa shape index (κ3) is 3.03. The van der Waals surface area contributed by atoms with Crippen molar-refractivity contribution in [2.75, 3.05) is 18.6 Å². The van der Waals surface area contributed by atoms with E-state index in [0.717, 1.165) is 6.26 Å². The van der Waals surface area contributed by atoms with Gasteiger partial charge >= 0.3 is 0 Å². The number of aliphatic hydroxyl groups excluding tert-OH is 2. The topological polar surface area (TPSA) is 163 Å². The maximum Gasteiger partial charge on any atom is 0.264 e. The van der Waals surface area contributed by atoms with Gasteiger partial charge in [-0.1, -0.05) is 0 Å². The molecule has 11 nitrogen and oxygen atoms in total. The minimum atomic E-state index is -3.90. The molecule has 1 fully saturated rings. The second-order valence-corrected chi connectivity index (χ2v) is 7.14. The number of aromatic nitrogens is 4. The summed E-state index contributed by atoms with van der Waals surface area (Å²) in [7, 11) is -3.90. The molecule has 2 unspecified atom stereocenters. The lowest BCUT2D eigenvalue weighted by molar-refractivity contribution is -0.0483. The summed E-state index contributed by atoms with van der Waals surface area (Å²) in [5.74, 6) is 0.0292. The number of ether oxygens (including phenoxy) is 1. The summed E-state index contributed by atoms with van der Waals surface area (Å²) in [5, 5.41) is 19.3. The molecule has 4 atom stereocenters. The molecule has 2 aromatic heterocycles. The normalized spacial score (nSPS) is 27.8. The van der Waals surface area contributed by atoms with E-state index in [-0.39, 0.29) is 22.3 Å². The number of halogens is 1. The highest BCUT2D eigenvalue weighted by Gasteiger charge is 2.47. The second kappa shape index (κ2) is 6.06. The number of nitrogens with zero attached hydrogens (tertiary/aromatic N) is 4. The molecule has 1 aliphatic rings. The minimum Gasteiger partial charge on any atom is -0.394 e. The SMILES string of the molecule is CS(=O)(=O)OC1C(O)[C@@H](CO)O[C@H]1n1cnc2c(N)nc(Cl)nc21. The molecule has 0 bridgehead atoms. The van der Waals surface area contributed by atoms with E-state index in [1.807, 2.05) is 0 Å². The average Bonchev–Trinajstić information content (AvgIpc) is 3.00. The zero-order chi connectivity index (χ0) is 17.6. The number of hydrogen-bond donors (Lipinski definition) is 3. The molecule has 0 amide bonds. The summed E-state index contributed by atoms with van der Waals surface area (Å²) in [4.78, 5) is 11.8. The summed E-state index contributed by atoms with van der Waals surface area (Å²) in [6, 6.07) is 0. The maximum absolute atomic E-state index is 11.5. The van der Waals surface area contributed by atoms with E-state index < -0.39 is 41.3 Å². The zero-order valence-electron chi connectivity index (χ0n) is 12.3. The van der Waals surface area contributed by atoms with E-state index in [9.17, 15) is 18.6 Å². The number of rotatable bonds is 4. The zero-order valence-corrected chi connectivity index (χ0v) is 13.8. The Hall–Kier alpha value is -1.57. The highest BCUT2D eigenvalue weighted by Crippen LogP contribution is 2.34. The van der Waals surface area contributed by atoms with Gasteiger partial charge in [0.15, 0.2) is 23.8 Å². The molecule has 4 N–H and O–H groups in total. The molecule has 0 radical (unpaired) electrons. The van der Waals surface area contributed by atoms with Crippen molar-refractivity contribution in [2.45, 2.75) is 24.5 Å².